The van der Waals surface area contributed by atoms with Crippen molar-refractivity contribution in [2.24, 2.45) is 5.92 Å². The van der Waals surface area contributed by atoms with Crippen molar-refractivity contribution < 1.29 is 9.21 Å². The van der Waals surface area contributed by atoms with Crippen LogP contribution in [0.5, 0.6) is 0 Å². The Hall–Kier alpha value is -2.11. The summed E-state index contributed by atoms with van der Waals surface area (Å²) in [5.41, 5.74) is 1.41. The van der Waals surface area contributed by atoms with Gasteiger partial charge in [0.2, 0.25) is 5.91 Å². The zero-order valence-corrected chi connectivity index (χ0v) is 18.0. The first-order chi connectivity index (χ1) is 14.8. The van der Waals surface area contributed by atoms with Crippen molar-refractivity contribution in [3.8, 4) is 0 Å². The summed E-state index contributed by atoms with van der Waals surface area (Å²) in [5.74, 6) is 1.43. The standard InChI is InChI=1S/C25H35N3O2/c29-25(22-12-16-28(17-13-22)20-24-11-6-18-30-24)26-23-10-5-15-27(19-23)14-4-9-21-7-2-1-3-8-21/h1-3,6-8,11,18,22-23H,4-5,9-10,12-17,19-20H2,(H,26,29)/t23-/m1/s1. The molecule has 0 radical (unpaired) electrons. The van der Waals surface area contributed by atoms with Crippen LogP contribution in [-0.4, -0.2) is 54.5 Å². The minimum atomic E-state index is 0.159. The molecule has 2 aliphatic rings. The topological polar surface area (TPSA) is 48.7 Å². The van der Waals surface area contributed by atoms with Crippen LogP contribution in [0.4, 0.5) is 0 Å². The third-order valence-corrected chi connectivity index (χ3v) is 6.55. The zero-order valence-electron chi connectivity index (χ0n) is 18.0. The summed E-state index contributed by atoms with van der Waals surface area (Å²) in [6, 6.07) is 15.0. The molecule has 2 saturated heterocycles. The molecule has 1 amide bonds. The number of nitrogens with zero attached hydrogens (tertiary/aromatic N) is 2. The van der Waals surface area contributed by atoms with E-state index in [-0.39, 0.29) is 11.8 Å². The molecule has 0 aliphatic carbocycles. The molecule has 30 heavy (non-hydrogen) atoms. The number of furan rings is 1. The zero-order chi connectivity index (χ0) is 20.6. The van der Waals surface area contributed by atoms with Crippen molar-refractivity contribution in [1.29, 1.82) is 0 Å². The molecule has 0 unspecified atom stereocenters. The molecule has 3 heterocycles. The predicted octanol–water partition coefficient (Wildman–Crippen LogP) is 3.71. The molecule has 1 aromatic heterocycles. The molecule has 0 spiro atoms. The molecule has 4 rings (SSSR count). The maximum atomic E-state index is 12.8. The van der Waals surface area contributed by atoms with E-state index in [1.54, 1.807) is 6.26 Å². The highest BCUT2D eigenvalue weighted by Gasteiger charge is 2.28. The lowest BCUT2D eigenvalue weighted by molar-refractivity contribution is -0.127. The van der Waals surface area contributed by atoms with Crippen molar-refractivity contribution in [2.45, 2.75) is 51.1 Å². The summed E-state index contributed by atoms with van der Waals surface area (Å²) in [6.45, 7) is 6.06. The van der Waals surface area contributed by atoms with Gasteiger partial charge in [-0.2, -0.15) is 0 Å². The maximum Gasteiger partial charge on any atom is 0.223 e. The molecule has 162 valence electrons. The van der Waals surface area contributed by atoms with Gasteiger partial charge < -0.3 is 14.6 Å². The summed E-state index contributed by atoms with van der Waals surface area (Å²) >= 11 is 0. The van der Waals surface area contributed by atoms with Crippen molar-refractivity contribution >= 4 is 5.91 Å². The molecule has 1 aromatic carbocycles. The Kier molecular flexibility index (Phi) is 7.59. The van der Waals surface area contributed by atoms with Gasteiger partial charge in [0.15, 0.2) is 0 Å². The van der Waals surface area contributed by atoms with Crippen LogP contribution < -0.4 is 5.32 Å². The van der Waals surface area contributed by atoms with E-state index in [2.05, 4.69) is 45.4 Å². The highest BCUT2D eigenvalue weighted by Crippen LogP contribution is 2.20. The molecular formula is C25H35N3O2. The van der Waals surface area contributed by atoms with Gasteiger partial charge >= 0.3 is 0 Å². The number of carbonyl (C=O) groups excluding carboxylic acids is 1. The lowest BCUT2D eigenvalue weighted by atomic mass is 9.94. The van der Waals surface area contributed by atoms with Crippen molar-refractivity contribution in [2.75, 3.05) is 32.7 Å². The van der Waals surface area contributed by atoms with Crippen LogP contribution in [0.1, 0.15) is 43.4 Å². The maximum absolute atomic E-state index is 12.8. The number of likely N-dealkylation sites (tertiary alicyclic amines) is 2. The number of aryl methyl sites for hydroxylation is 1. The monoisotopic (exact) mass is 409 g/mol. The van der Waals surface area contributed by atoms with Gasteiger partial charge in [-0.3, -0.25) is 9.69 Å². The van der Waals surface area contributed by atoms with E-state index in [1.165, 1.54) is 18.4 Å². The van der Waals surface area contributed by atoms with Gasteiger partial charge in [0, 0.05) is 18.5 Å². The second kappa shape index (κ2) is 10.8. The van der Waals surface area contributed by atoms with E-state index in [0.717, 1.165) is 70.7 Å². The number of hydrogen-bond acceptors (Lipinski definition) is 4. The van der Waals surface area contributed by atoms with Crippen LogP contribution in [0.2, 0.25) is 0 Å². The fraction of sp³-hybridized carbons (Fsp3) is 0.560. The lowest BCUT2D eigenvalue weighted by Gasteiger charge is -2.35. The van der Waals surface area contributed by atoms with Gasteiger partial charge in [-0.15, -0.1) is 0 Å². The fourth-order valence-corrected chi connectivity index (χ4v) is 4.82. The summed E-state index contributed by atoms with van der Waals surface area (Å²) in [4.78, 5) is 17.7. The number of carbonyl (C=O) groups is 1. The van der Waals surface area contributed by atoms with E-state index < -0.39 is 0 Å². The number of amides is 1. The first-order valence-corrected chi connectivity index (χ1v) is 11.6. The fourth-order valence-electron chi connectivity index (χ4n) is 4.82. The van der Waals surface area contributed by atoms with Crippen molar-refractivity contribution in [1.82, 2.24) is 15.1 Å². The van der Waals surface area contributed by atoms with Crippen LogP contribution in [0.25, 0.3) is 0 Å². The second-order valence-corrected chi connectivity index (χ2v) is 8.87. The first kappa shape index (κ1) is 21.1. The number of rotatable bonds is 8. The normalized spacial score (nSPS) is 21.5. The molecule has 2 aromatic rings. The average molecular weight is 410 g/mol. The van der Waals surface area contributed by atoms with Crippen molar-refractivity contribution in [3.05, 3.63) is 60.1 Å². The van der Waals surface area contributed by atoms with Crippen molar-refractivity contribution in [3.63, 3.8) is 0 Å². The molecule has 1 N–H and O–H groups in total. The number of piperidine rings is 2. The summed E-state index contributed by atoms with van der Waals surface area (Å²) < 4.78 is 5.45. The Morgan fingerprint density at radius 1 is 1.00 bits per heavy atom. The van der Waals surface area contributed by atoms with E-state index in [9.17, 15) is 4.79 Å². The summed E-state index contributed by atoms with van der Waals surface area (Å²) in [6.07, 6.45) is 8.21. The molecule has 0 saturated carbocycles. The molecule has 1 atom stereocenters. The van der Waals surface area contributed by atoms with Crippen LogP contribution in [0, 0.1) is 5.92 Å². The lowest BCUT2D eigenvalue weighted by Crippen LogP contribution is -2.50. The number of hydrogen-bond donors (Lipinski definition) is 1. The molecule has 2 fully saturated rings. The first-order valence-electron chi connectivity index (χ1n) is 11.6. The Morgan fingerprint density at radius 3 is 2.60 bits per heavy atom. The highest BCUT2D eigenvalue weighted by atomic mass is 16.3. The van der Waals surface area contributed by atoms with Crippen LogP contribution in [-0.2, 0) is 17.8 Å². The third-order valence-electron chi connectivity index (χ3n) is 6.55. The molecular weight excluding hydrogens is 374 g/mol. The van der Waals surface area contributed by atoms with Gasteiger partial charge in [-0.1, -0.05) is 30.3 Å². The van der Waals surface area contributed by atoms with Gasteiger partial charge in [0.1, 0.15) is 5.76 Å². The molecule has 5 heteroatoms. The van der Waals surface area contributed by atoms with Crippen LogP contribution >= 0.6 is 0 Å². The Bertz CT molecular complexity index is 754. The Morgan fingerprint density at radius 2 is 1.83 bits per heavy atom. The van der Waals surface area contributed by atoms with Crippen LogP contribution in [0.3, 0.4) is 0 Å². The number of benzene rings is 1. The second-order valence-electron chi connectivity index (χ2n) is 8.87. The van der Waals surface area contributed by atoms with E-state index in [1.807, 2.05) is 12.1 Å². The smallest absolute Gasteiger partial charge is 0.223 e. The Balaban J connectivity index is 1.15. The van der Waals surface area contributed by atoms with Gasteiger partial charge in [-0.05, 0) is 82.4 Å². The van der Waals surface area contributed by atoms with Gasteiger partial charge in [0.05, 0.1) is 12.8 Å². The minimum Gasteiger partial charge on any atom is -0.468 e. The van der Waals surface area contributed by atoms with Crippen LogP contribution in [0.15, 0.2) is 53.1 Å². The highest BCUT2D eigenvalue weighted by molar-refractivity contribution is 5.79. The van der Waals surface area contributed by atoms with Gasteiger partial charge in [0.25, 0.3) is 0 Å². The van der Waals surface area contributed by atoms with Gasteiger partial charge in [-0.25, -0.2) is 0 Å². The largest absolute Gasteiger partial charge is 0.468 e. The summed E-state index contributed by atoms with van der Waals surface area (Å²) in [5, 5.41) is 3.37. The SMILES string of the molecule is O=C(N[C@@H]1CCCN(CCCc2ccccc2)C1)C1CCN(Cc2ccco2)CC1. The quantitative estimate of drug-likeness (QED) is 0.722. The van der Waals surface area contributed by atoms with E-state index in [4.69, 9.17) is 4.42 Å². The number of nitrogens with one attached hydrogen (secondary N) is 1. The average Bonchev–Trinajstić information content (AvgIpc) is 3.28. The minimum absolute atomic E-state index is 0.159. The molecule has 0 bridgehead atoms. The van der Waals surface area contributed by atoms with E-state index in [0.29, 0.717) is 6.04 Å². The summed E-state index contributed by atoms with van der Waals surface area (Å²) in [7, 11) is 0. The van der Waals surface area contributed by atoms with E-state index >= 15 is 0 Å². The molecule has 5 nitrogen and oxygen atoms in total. The Labute approximate surface area is 180 Å². The third kappa shape index (κ3) is 6.19. The predicted molar refractivity (Wildman–Crippen MR) is 119 cm³/mol. The molecule has 2 aliphatic heterocycles.